The normalized spacial score (nSPS) is 11.9. The van der Waals surface area contributed by atoms with Crippen molar-refractivity contribution in [3.63, 3.8) is 0 Å². The first kappa shape index (κ1) is 20.2. The summed E-state index contributed by atoms with van der Waals surface area (Å²) in [7, 11) is 1.86. The van der Waals surface area contributed by atoms with E-state index in [2.05, 4.69) is 10.6 Å². The molecule has 2 amide bonds. The molecular formula is C19H21Cl2N3O2. The predicted molar refractivity (Wildman–Crippen MR) is 107 cm³/mol. The molecule has 0 aliphatic rings. The molecule has 0 radical (unpaired) electrons. The highest BCUT2D eigenvalue weighted by Crippen LogP contribution is 2.23. The zero-order chi connectivity index (χ0) is 19.3. The third-order valence-corrected chi connectivity index (χ3v) is 4.65. The SMILES string of the molecule is CC(=O)Nc1cccc(NC(=O)C(C)N(C)Cc2ccc(Cl)c(Cl)c2)c1. The monoisotopic (exact) mass is 393 g/mol. The van der Waals surface area contributed by atoms with Crippen LogP contribution in [-0.2, 0) is 16.1 Å². The van der Waals surface area contributed by atoms with E-state index in [0.717, 1.165) is 5.56 Å². The number of amides is 2. The van der Waals surface area contributed by atoms with Crippen LogP contribution in [0.5, 0.6) is 0 Å². The quantitative estimate of drug-likeness (QED) is 0.763. The Bertz CT molecular complexity index is 811. The summed E-state index contributed by atoms with van der Waals surface area (Å²) >= 11 is 12.0. The van der Waals surface area contributed by atoms with Crippen molar-refractivity contribution in [1.82, 2.24) is 4.90 Å². The average molecular weight is 394 g/mol. The number of nitrogens with one attached hydrogen (secondary N) is 2. The van der Waals surface area contributed by atoms with Crippen LogP contribution >= 0.6 is 23.2 Å². The highest BCUT2D eigenvalue weighted by molar-refractivity contribution is 6.42. The molecule has 0 saturated heterocycles. The van der Waals surface area contributed by atoms with Gasteiger partial charge in [-0.3, -0.25) is 14.5 Å². The molecule has 7 heteroatoms. The lowest BCUT2D eigenvalue weighted by atomic mass is 10.2. The van der Waals surface area contributed by atoms with Crippen LogP contribution in [0.2, 0.25) is 10.0 Å². The van der Waals surface area contributed by atoms with Crippen molar-refractivity contribution >= 4 is 46.4 Å². The Hall–Kier alpha value is -2.08. The lowest BCUT2D eigenvalue weighted by molar-refractivity contribution is -0.120. The summed E-state index contributed by atoms with van der Waals surface area (Å²) in [6.45, 7) is 3.81. The fourth-order valence-electron chi connectivity index (χ4n) is 2.39. The molecule has 0 aromatic heterocycles. The molecule has 0 spiro atoms. The van der Waals surface area contributed by atoms with Gasteiger partial charge in [0.1, 0.15) is 0 Å². The highest BCUT2D eigenvalue weighted by Gasteiger charge is 2.18. The number of carbonyl (C=O) groups is 2. The molecular weight excluding hydrogens is 373 g/mol. The lowest BCUT2D eigenvalue weighted by Crippen LogP contribution is -2.39. The Morgan fingerprint density at radius 1 is 1.04 bits per heavy atom. The summed E-state index contributed by atoms with van der Waals surface area (Å²) < 4.78 is 0. The first-order valence-corrected chi connectivity index (χ1v) is 8.84. The molecule has 138 valence electrons. The summed E-state index contributed by atoms with van der Waals surface area (Å²) in [5.41, 5.74) is 2.22. The molecule has 2 rings (SSSR count). The highest BCUT2D eigenvalue weighted by atomic mass is 35.5. The number of nitrogens with zero attached hydrogens (tertiary/aromatic N) is 1. The van der Waals surface area contributed by atoms with Crippen molar-refractivity contribution < 1.29 is 9.59 Å². The van der Waals surface area contributed by atoms with Crippen molar-refractivity contribution in [3.8, 4) is 0 Å². The maximum Gasteiger partial charge on any atom is 0.241 e. The smallest absolute Gasteiger partial charge is 0.241 e. The number of hydrogen-bond donors (Lipinski definition) is 2. The average Bonchev–Trinajstić information content (AvgIpc) is 2.57. The van der Waals surface area contributed by atoms with E-state index < -0.39 is 0 Å². The maximum atomic E-state index is 12.5. The molecule has 5 nitrogen and oxygen atoms in total. The van der Waals surface area contributed by atoms with E-state index in [1.54, 1.807) is 36.4 Å². The molecule has 0 bridgehead atoms. The van der Waals surface area contributed by atoms with Crippen LogP contribution in [0.1, 0.15) is 19.4 Å². The van der Waals surface area contributed by atoms with Crippen LogP contribution < -0.4 is 10.6 Å². The number of anilines is 2. The van der Waals surface area contributed by atoms with Crippen molar-refractivity contribution in [1.29, 1.82) is 0 Å². The largest absolute Gasteiger partial charge is 0.326 e. The number of hydrogen-bond acceptors (Lipinski definition) is 3. The van der Waals surface area contributed by atoms with E-state index in [-0.39, 0.29) is 17.9 Å². The molecule has 1 atom stereocenters. The van der Waals surface area contributed by atoms with Crippen LogP contribution in [0.3, 0.4) is 0 Å². The van der Waals surface area contributed by atoms with Crippen molar-refractivity contribution in [2.45, 2.75) is 26.4 Å². The van der Waals surface area contributed by atoms with E-state index in [0.29, 0.717) is 28.0 Å². The number of halogens is 2. The van der Waals surface area contributed by atoms with Gasteiger partial charge >= 0.3 is 0 Å². The first-order chi connectivity index (χ1) is 12.3. The van der Waals surface area contributed by atoms with E-state index in [4.69, 9.17) is 23.2 Å². The van der Waals surface area contributed by atoms with Gasteiger partial charge in [-0.1, -0.05) is 35.3 Å². The molecule has 1 unspecified atom stereocenters. The molecule has 26 heavy (non-hydrogen) atoms. The Labute approximate surface area is 163 Å². The molecule has 0 heterocycles. The molecule has 2 aromatic rings. The van der Waals surface area contributed by atoms with Gasteiger partial charge in [0.05, 0.1) is 16.1 Å². The molecule has 2 N–H and O–H groups in total. The fourth-order valence-corrected chi connectivity index (χ4v) is 2.71. The van der Waals surface area contributed by atoms with Crippen molar-refractivity contribution in [2.24, 2.45) is 0 Å². The molecule has 0 fully saturated rings. The maximum absolute atomic E-state index is 12.5. The van der Waals surface area contributed by atoms with Crippen LogP contribution in [0.4, 0.5) is 11.4 Å². The van der Waals surface area contributed by atoms with E-state index >= 15 is 0 Å². The summed E-state index contributed by atoms with van der Waals surface area (Å²) in [5, 5.41) is 6.55. The van der Waals surface area contributed by atoms with Gasteiger partial charge in [0.2, 0.25) is 11.8 Å². The summed E-state index contributed by atoms with van der Waals surface area (Å²) in [6, 6.07) is 12.1. The third-order valence-electron chi connectivity index (χ3n) is 3.91. The van der Waals surface area contributed by atoms with Gasteiger partial charge in [-0.2, -0.15) is 0 Å². The predicted octanol–water partition coefficient (Wildman–Crippen LogP) is 4.41. The number of likely N-dealkylation sites (N-methyl/N-ethyl adjacent to an activating group) is 1. The summed E-state index contributed by atoms with van der Waals surface area (Å²) in [5.74, 6) is -0.310. The van der Waals surface area contributed by atoms with Crippen molar-refractivity contribution in [3.05, 3.63) is 58.1 Å². The molecule has 2 aromatic carbocycles. The topological polar surface area (TPSA) is 61.4 Å². The Morgan fingerprint density at radius 2 is 1.69 bits per heavy atom. The molecule has 0 saturated carbocycles. The second-order valence-electron chi connectivity index (χ2n) is 6.09. The van der Waals surface area contributed by atoms with Gasteiger partial charge in [-0.25, -0.2) is 0 Å². The lowest BCUT2D eigenvalue weighted by Gasteiger charge is -2.24. The van der Waals surface area contributed by atoms with Gasteiger partial charge < -0.3 is 10.6 Å². The third kappa shape index (κ3) is 5.73. The van der Waals surface area contributed by atoms with Crippen LogP contribution in [0.15, 0.2) is 42.5 Å². The Kier molecular flexibility index (Phi) is 7.03. The van der Waals surface area contributed by atoms with Crippen LogP contribution in [-0.4, -0.2) is 29.8 Å². The van der Waals surface area contributed by atoms with Gasteiger partial charge in [0.15, 0.2) is 0 Å². The zero-order valence-electron chi connectivity index (χ0n) is 14.8. The van der Waals surface area contributed by atoms with E-state index in [9.17, 15) is 9.59 Å². The standard InChI is InChI=1S/C19H21Cl2N3O2/c1-12(24(3)11-14-7-8-17(20)18(21)9-14)19(26)23-16-6-4-5-15(10-16)22-13(2)25/h4-10,12H,11H2,1-3H3,(H,22,25)(H,23,26). The van der Waals surface area contributed by atoms with E-state index in [1.165, 1.54) is 6.92 Å². The first-order valence-electron chi connectivity index (χ1n) is 8.09. The number of rotatable bonds is 6. The van der Waals surface area contributed by atoms with Gasteiger partial charge in [0.25, 0.3) is 0 Å². The minimum Gasteiger partial charge on any atom is -0.326 e. The second-order valence-corrected chi connectivity index (χ2v) is 6.91. The van der Waals surface area contributed by atoms with Gasteiger partial charge in [-0.15, -0.1) is 0 Å². The second kappa shape index (κ2) is 9.03. The summed E-state index contributed by atoms with van der Waals surface area (Å²) in [4.78, 5) is 25.6. The fraction of sp³-hybridized carbons (Fsp3) is 0.263. The number of carbonyl (C=O) groups excluding carboxylic acids is 2. The Balaban J connectivity index is 1.99. The molecule has 0 aliphatic carbocycles. The van der Waals surface area contributed by atoms with Crippen LogP contribution in [0, 0.1) is 0 Å². The van der Waals surface area contributed by atoms with Gasteiger partial charge in [0, 0.05) is 24.8 Å². The van der Waals surface area contributed by atoms with Crippen molar-refractivity contribution in [2.75, 3.05) is 17.7 Å². The zero-order valence-corrected chi connectivity index (χ0v) is 16.4. The molecule has 0 aliphatic heterocycles. The minimum atomic E-state index is -0.367. The summed E-state index contributed by atoms with van der Waals surface area (Å²) in [6.07, 6.45) is 0. The Morgan fingerprint density at radius 3 is 2.31 bits per heavy atom. The van der Waals surface area contributed by atoms with Crippen LogP contribution in [0.25, 0.3) is 0 Å². The minimum absolute atomic E-state index is 0.146. The number of benzene rings is 2. The van der Waals surface area contributed by atoms with E-state index in [1.807, 2.05) is 24.9 Å². The van der Waals surface area contributed by atoms with Gasteiger partial charge in [-0.05, 0) is 49.9 Å².